The quantitative estimate of drug-likeness (QED) is 0.618. The number of hydroxylamine groups is 1. The molecule has 0 heterocycles. The highest BCUT2D eigenvalue weighted by molar-refractivity contribution is 6.31. The topological polar surface area (TPSA) is 64.3 Å². The minimum atomic E-state index is -0.445. The predicted molar refractivity (Wildman–Crippen MR) is 64.2 cm³/mol. The van der Waals surface area contributed by atoms with Crippen molar-refractivity contribution in [1.29, 1.82) is 0 Å². The van der Waals surface area contributed by atoms with Crippen molar-refractivity contribution in [1.82, 2.24) is 5.48 Å². The summed E-state index contributed by atoms with van der Waals surface area (Å²) in [5, 5.41) is 0.418. The monoisotopic (exact) mass is 242 g/mol. The standard InChI is InChI=1S/C11H15ClN2O2/c1-11(2,3)16-14-10(15)7-4-8(12)6-9(13)5-7/h4-6H,13H2,1-3H3,(H,14,15). The number of carbonyl (C=O) groups excluding carboxylic acids is 1. The zero-order valence-electron chi connectivity index (χ0n) is 9.50. The summed E-state index contributed by atoms with van der Waals surface area (Å²) in [6, 6.07) is 4.63. The first-order valence-electron chi connectivity index (χ1n) is 4.82. The van der Waals surface area contributed by atoms with E-state index in [2.05, 4.69) is 5.48 Å². The van der Waals surface area contributed by atoms with Crippen LogP contribution >= 0.6 is 11.6 Å². The van der Waals surface area contributed by atoms with E-state index in [9.17, 15) is 4.79 Å². The Kier molecular flexibility index (Phi) is 3.78. The van der Waals surface area contributed by atoms with Gasteiger partial charge in [-0.25, -0.2) is 5.48 Å². The van der Waals surface area contributed by atoms with E-state index in [0.29, 0.717) is 16.3 Å². The zero-order valence-corrected chi connectivity index (χ0v) is 10.3. The van der Waals surface area contributed by atoms with Gasteiger partial charge in [0.2, 0.25) is 0 Å². The van der Waals surface area contributed by atoms with Crippen LogP contribution in [0.3, 0.4) is 0 Å². The van der Waals surface area contributed by atoms with Crippen molar-refractivity contribution < 1.29 is 9.63 Å². The van der Waals surface area contributed by atoms with E-state index in [1.54, 1.807) is 6.07 Å². The highest BCUT2D eigenvalue weighted by atomic mass is 35.5. The Hall–Kier alpha value is -1.26. The fourth-order valence-corrected chi connectivity index (χ4v) is 1.25. The lowest BCUT2D eigenvalue weighted by atomic mass is 10.2. The van der Waals surface area contributed by atoms with E-state index in [4.69, 9.17) is 22.2 Å². The fourth-order valence-electron chi connectivity index (χ4n) is 1.00. The van der Waals surface area contributed by atoms with Gasteiger partial charge >= 0.3 is 0 Å². The normalized spacial score (nSPS) is 11.2. The number of hydrogen-bond donors (Lipinski definition) is 2. The van der Waals surface area contributed by atoms with Gasteiger partial charge in [-0.05, 0) is 39.0 Å². The molecular weight excluding hydrogens is 228 g/mol. The van der Waals surface area contributed by atoms with Crippen LogP contribution in [0.1, 0.15) is 31.1 Å². The smallest absolute Gasteiger partial charge is 0.274 e. The molecular formula is C11H15ClN2O2. The summed E-state index contributed by atoms with van der Waals surface area (Å²) >= 11 is 5.78. The van der Waals surface area contributed by atoms with Crippen LogP contribution in [0.4, 0.5) is 5.69 Å². The Morgan fingerprint density at radius 3 is 2.50 bits per heavy atom. The van der Waals surface area contributed by atoms with Crippen molar-refractivity contribution in [2.24, 2.45) is 0 Å². The number of anilines is 1. The molecule has 1 aromatic rings. The highest BCUT2D eigenvalue weighted by Gasteiger charge is 2.14. The maximum atomic E-state index is 11.6. The van der Waals surface area contributed by atoms with Crippen molar-refractivity contribution >= 4 is 23.2 Å². The number of nitrogens with one attached hydrogen (secondary N) is 1. The largest absolute Gasteiger partial charge is 0.399 e. The molecule has 0 aliphatic carbocycles. The first kappa shape index (κ1) is 12.8. The molecule has 0 aliphatic rings. The van der Waals surface area contributed by atoms with Crippen LogP contribution < -0.4 is 11.2 Å². The van der Waals surface area contributed by atoms with Crippen molar-refractivity contribution in [3.05, 3.63) is 28.8 Å². The number of amides is 1. The number of nitrogens with two attached hydrogens (primary N) is 1. The average molecular weight is 243 g/mol. The van der Waals surface area contributed by atoms with Gasteiger partial charge in [-0.1, -0.05) is 11.6 Å². The molecule has 0 fully saturated rings. The van der Waals surface area contributed by atoms with Crippen molar-refractivity contribution in [2.75, 3.05) is 5.73 Å². The van der Waals surface area contributed by atoms with Gasteiger partial charge in [0, 0.05) is 16.3 Å². The Labute approximate surface area is 99.7 Å². The van der Waals surface area contributed by atoms with Crippen LogP contribution in [-0.2, 0) is 4.84 Å². The average Bonchev–Trinajstić information content (AvgIpc) is 2.11. The number of halogens is 1. The molecule has 1 amide bonds. The van der Waals surface area contributed by atoms with Crippen molar-refractivity contribution in [2.45, 2.75) is 26.4 Å². The molecule has 5 heteroatoms. The lowest BCUT2D eigenvalue weighted by Crippen LogP contribution is -2.33. The van der Waals surface area contributed by atoms with Gasteiger partial charge in [0.05, 0.1) is 5.60 Å². The van der Waals surface area contributed by atoms with Crippen LogP contribution in [0.15, 0.2) is 18.2 Å². The van der Waals surface area contributed by atoms with E-state index >= 15 is 0 Å². The second kappa shape index (κ2) is 4.72. The SMILES string of the molecule is CC(C)(C)ONC(=O)c1cc(N)cc(Cl)c1. The molecule has 0 aromatic heterocycles. The van der Waals surface area contributed by atoms with E-state index < -0.39 is 5.60 Å². The number of benzene rings is 1. The Morgan fingerprint density at radius 1 is 1.38 bits per heavy atom. The van der Waals surface area contributed by atoms with Crippen LogP contribution in [0.5, 0.6) is 0 Å². The second-order valence-corrected chi connectivity index (χ2v) is 4.86. The van der Waals surface area contributed by atoms with Crippen LogP contribution in [0, 0.1) is 0 Å². The van der Waals surface area contributed by atoms with Gasteiger partial charge in [-0.15, -0.1) is 0 Å². The lowest BCUT2D eigenvalue weighted by Gasteiger charge is -2.19. The molecule has 0 saturated carbocycles. The van der Waals surface area contributed by atoms with Gasteiger partial charge in [0.25, 0.3) is 5.91 Å². The summed E-state index contributed by atoms with van der Waals surface area (Å²) in [5.74, 6) is -0.371. The number of nitrogen functional groups attached to an aromatic ring is 1. The van der Waals surface area contributed by atoms with Gasteiger partial charge in [-0.3, -0.25) is 9.63 Å². The molecule has 0 spiro atoms. The van der Waals surface area contributed by atoms with Crippen LogP contribution in [-0.4, -0.2) is 11.5 Å². The molecule has 0 unspecified atom stereocenters. The van der Waals surface area contributed by atoms with Gasteiger partial charge in [0.1, 0.15) is 0 Å². The van der Waals surface area contributed by atoms with E-state index in [1.165, 1.54) is 12.1 Å². The second-order valence-electron chi connectivity index (χ2n) is 4.42. The third-order valence-electron chi connectivity index (χ3n) is 1.63. The molecule has 1 aromatic carbocycles. The third-order valence-corrected chi connectivity index (χ3v) is 1.85. The van der Waals surface area contributed by atoms with Gasteiger partial charge in [0.15, 0.2) is 0 Å². The predicted octanol–water partition coefficient (Wildman–Crippen LogP) is 2.38. The molecule has 3 N–H and O–H groups in total. The third kappa shape index (κ3) is 4.08. The highest BCUT2D eigenvalue weighted by Crippen LogP contribution is 2.16. The van der Waals surface area contributed by atoms with Gasteiger partial charge < -0.3 is 5.73 Å². The maximum Gasteiger partial charge on any atom is 0.274 e. The first-order chi connectivity index (χ1) is 7.28. The molecule has 0 aliphatic heterocycles. The zero-order chi connectivity index (χ0) is 12.3. The lowest BCUT2D eigenvalue weighted by molar-refractivity contribution is -0.0589. The number of rotatable bonds is 2. The Morgan fingerprint density at radius 2 is 2.00 bits per heavy atom. The molecule has 16 heavy (non-hydrogen) atoms. The Balaban J connectivity index is 2.73. The molecule has 4 nitrogen and oxygen atoms in total. The van der Waals surface area contributed by atoms with E-state index in [1.807, 2.05) is 20.8 Å². The Bertz CT molecular complexity index is 379. The van der Waals surface area contributed by atoms with Crippen molar-refractivity contribution in [3.63, 3.8) is 0 Å². The van der Waals surface area contributed by atoms with Crippen LogP contribution in [0.2, 0.25) is 5.02 Å². The first-order valence-corrected chi connectivity index (χ1v) is 5.20. The molecule has 0 bridgehead atoms. The molecule has 0 radical (unpaired) electrons. The number of hydrogen-bond acceptors (Lipinski definition) is 3. The maximum absolute atomic E-state index is 11.6. The molecule has 88 valence electrons. The summed E-state index contributed by atoms with van der Waals surface area (Å²) < 4.78 is 0. The summed E-state index contributed by atoms with van der Waals surface area (Å²) in [4.78, 5) is 16.8. The summed E-state index contributed by atoms with van der Waals surface area (Å²) in [6.45, 7) is 5.50. The summed E-state index contributed by atoms with van der Waals surface area (Å²) in [6.07, 6.45) is 0. The fraction of sp³-hybridized carbons (Fsp3) is 0.364. The minimum Gasteiger partial charge on any atom is -0.399 e. The molecule has 0 atom stereocenters. The summed E-state index contributed by atoms with van der Waals surface area (Å²) in [5.41, 5.74) is 8.28. The van der Waals surface area contributed by atoms with E-state index in [-0.39, 0.29) is 5.91 Å². The minimum absolute atomic E-state index is 0.370. The van der Waals surface area contributed by atoms with Crippen molar-refractivity contribution in [3.8, 4) is 0 Å². The summed E-state index contributed by atoms with van der Waals surface area (Å²) in [7, 11) is 0. The number of carbonyl (C=O) groups is 1. The van der Waals surface area contributed by atoms with E-state index in [0.717, 1.165) is 0 Å². The molecule has 1 rings (SSSR count). The molecule has 0 saturated heterocycles. The van der Waals surface area contributed by atoms with Gasteiger partial charge in [-0.2, -0.15) is 0 Å². The van der Waals surface area contributed by atoms with Crippen LogP contribution in [0.25, 0.3) is 0 Å².